The van der Waals surface area contributed by atoms with Gasteiger partial charge in [0.2, 0.25) is 9.84 Å². The molecule has 0 aliphatic rings. The number of nitrogens with one attached hydrogen (secondary N) is 1. The van der Waals surface area contributed by atoms with Crippen molar-refractivity contribution in [1.29, 1.82) is 0 Å². The molecule has 0 unspecified atom stereocenters. The Bertz CT molecular complexity index is 987. The van der Waals surface area contributed by atoms with E-state index in [1.807, 2.05) is 18.2 Å². The lowest BCUT2D eigenvalue weighted by atomic mass is 10.1. The Morgan fingerprint density at radius 3 is 2.65 bits per heavy atom. The molecule has 0 radical (unpaired) electrons. The summed E-state index contributed by atoms with van der Waals surface area (Å²) < 4.78 is 25.6. The number of sulfone groups is 1. The monoisotopic (exact) mass is 326 g/mol. The molecule has 116 valence electrons. The number of fused-ring (bicyclic) bond motifs is 1. The second-order valence-corrected chi connectivity index (χ2v) is 6.97. The summed E-state index contributed by atoms with van der Waals surface area (Å²) in [7, 11) is -3.58. The molecule has 7 heteroatoms. The minimum atomic E-state index is -3.58. The van der Waals surface area contributed by atoms with E-state index in [1.165, 1.54) is 6.20 Å². The van der Waals surface area contributed by atoms with Crippen LogP contribution in [0.2, 0.25) is 0 Å². The zero-order valence-electron chi connectivity index (χ0n) is 12.2. The van der Waals surface area contributed by atoms with E-state index in [0.29, 0.717) is 18.4 Å². The molecule has 0 spiro atoms. The van der Waals surface area contributed by atoms with Gasteiger partial charge in [-0.15, -0.1) is 0 Å². The van der Waals surface area contributed by atoms with Crippen LogP contribution >= 0.6 is 0 Å². The fourth-order valence-corrected chi connectivity index (χ4v) is 3.91. The average Bonchev–Trinajstić information content (AvgIpc) is 3.00. The van der Waals surface area contributed by atoms with Crippen molar-refractivity contribution in [2.24, 2.45) is 5.11 Å². The van der Waals surface area contributed by atoms with Crippen LogP contribution in [0.25, 0.3) is 21.3 Å². The molecule has 0 amide bonds. The number of hydrogen-bond acceptors (Lipinski definition) is 3. The quantitative estimate of drug-likeness (QED) is 0.437. The highest BCUT2D eigenvalue weighted by Crippen LogP contribution is 2.29. The smallest absolute Gasteiger partial charge is 0.208 e. The van der Waals surface area contributed by atoms with E-state index in [0.717, 1.165) is 11.1 Å². The topological polar surface area (TPSA) is 98.7 Å². The number of aromatic nitrogens is 1. The Hall–Kier alpha value is -2.76. The molecule has 0 bridgehead atoms. The van der Waals surface area contributed by atoms with Crippen LogP contribution in [0.3, 0.4) is 0 Å². The maximum atomic E-state index is 12.8. The summed E-state index contributed by atoms with van der Waals surface area (Å²) in [4.78, 5) is 6.24. The van der Waals surface area contributed by atoms with Gasteiger partial charge in [0.15, 0.2) is 0 Å². The summed E-state index contributed by atoms with van der Waals surface area (Å²) >= 11 is 0. The van der Waals surface area contributed by atoms with Gasteiger partial charge in [-0.3, -0.25) is 0 Å². The molecular weight excluding hydrogens is 312 g/mol. The third-order valence-corrected chi connectivity index (χ3v) is 5.42. The zero-order valence-corrected chi connectivity index (χ0v) is 13.0. The first kappa shape index (κ1) is 15.1. The predicted molar refractivity (Wildman–Crippen MR) is 87.9 cm³/mol. The van der Waals surface area contributed by atoms with Gasteiger partial charge in [-0.1, -0.05) is 29.4 Å². The van der Waals surface area contributed by atoms with Crippen LogP contribution in [-0.2, 0) is 16.3 Å². The summed E-state index contributed by atoms with van der Waals surface area (Å²) in [5, 5.41) is 4.15. The van der Waals surface area contributed by atoms with Crippen molar-refractivity contribution < 1.29 is 8.42 Å². The van der Waals surface area contributed by atoms with Gasteiger partial charge in [0.05, 0.1) is 9.79 Å². The third-order valence-electron chi connectivity index (χ3n) is 3.61. The minimum Gasteiger partial charge on any atom is -0.360 e. The van der Waals surface area contributed by atoms with Crippen molar-refractivity contribution in [3.05, 3.63) is 70.7 Å². The molecule has 0 aliphatic carbocycles. The predicted octanol–water partition coefficient (Wildman–Crippen LogP) is 3.85. The van der Waals surface area contributed by atoms with Crippen LogP contribution in [0.15, 0.2) is 69.6 Å². The number of benzene rings is 2. The van der Waals surface area contributed by atoms with Crippen molar-refractivity contribution in [2.45, 2.75) is 16.2 Å². The Kier molecular flexibility index (Phi) is 4.06. The highest BCUT2D eigenvalue weighted by molar-refractivity contribution is 7.91. The van der Waals surface area contributed by atoms with Gasteiger partial charge in [-0.2, -0.15) is 0 Å². The van der Waals surface area contributed by atoms with Crippen molar-refractivity contribution in [3.8, 4) is 0 Å². The van der Waals surface area contributed by atoms with Gasteiger partial charge >= 0.3 is 0 Å². The lowest BCUT2D eigenvalue weighted by Gasteiger charge is -2.04. The number of aromatic amines is 1. The Balaban J connectivity index is 2.07. The molecule has 3 rings (SSSR count). The molecule has 23 heavy (non-hydrogen) atoms. The molecule has 1 heterocycles. The van der Waals surface area contributed by atoms with E-state index in [9.17, 15) is 8.42 Å². The van der Waals surface area contributed by atoms with Gasteiger partial charge < -0.3 is 4.98 Å². The molecule has 0 atom stereocenters. The molecular formula is C16H14N4O2S. The first-order valence-corrected chi connectivity index (χ1v) is 8.52. The zero-order chi connectivity index (χ0) is 16.3. The number of H-pyrrole nitrogens is 1. The Morgan fingerprint density at radius 1 is 1.13 bits per heavy atom. The van der Waals surface area contributed by atoms with E-state index >= 15 is 0 Å². The fourth-order valence-electron chi connectivity index (χ4n) is 2.47. The summed E-state index contributed by atoms with van der Waals surface area (Å²) in [5.41, 5.74) is 10.0. The van der Waals surface area contributed by atoms with Gasteiger partial charge in [0.1, 0.15) is 0 Å². The highest BCUT2D eigenvalue weighted by atomic mass is 32.2. The largest absolute Gasteiger partial charge is 0.360 e. The second kappa shape index (κ2) is 6.16. The normalized spacial score (nSPS) is 11.3. The van der Waals surface area contributed by atoms with E-state index in [1.54, 1.807) is 30.3 Å². The lowest BCUT2D eigenvalue weighted by molar-refractivity contribution is 0.597. The maximum Gasteiger partial charge on any atom is 0.208 e. The highest BCUT2D eigenvalue weighted by Gasteiger charge is 2.21. The summed E-state index contributed by atoms with van der Waals surface area (Å²) in [6.45, 7) is 0.340. The van der Waals surface area contributed by atoms with Crippen molar-refractivity contribution in [2.75, 3.05) is 6.54 Å². The van der Waals surface area contributed by atoms with E-state index in [-0.39, 0.29) is 9.79 Å². The molecule has 0 aliphatic heterocycles. The molecule has 2 aromatic carbocycles. The number of hydrogen-bond donors (Lipinski definition) is 1. The summed E-state index contributed by atoms with van der Waals surface area (Å²) in [6.07, 6.45) is 2.08. The maximum absolute atomic E-state index is 12.8. The van der Waals surface area contributed by atoms with E-state index in [4.69, 9.17) is 5.53 Å². The molecule has 3 aromatic rings. The van der Waals surface area contributed by atoms with Crippen molar-refractivity contribution >= 4 is 20.7 Å². The van der Waals surface area contributed by atoms with Crippen LogP contribution < -0.4 is 0 Å². The molecule has 1 aromatic heterocycles. The molecule has 0 saturated heterocycles. The van der Waals surface area contributed by atoms with Crippen molar-refractivity contribution in [1.82, 2.24) is 4.98 Å². The van der Waals surface area contributed by atoms with Crippen LogP contribution in [0.4, 0.5) is 0 Å². The average molecular weight is 326 g/mol. The summed E-state index contributed by atoms with van der Waals surface area (Å²) in [5.74, 6) is 0. The molecule has 0 saturated carbocycles. The van der Waals surface area contributed by atoms with Crippen LogP contribution in [-0.4, -0.2) is 19.9 Å². The standard InChI is InChI=1S/C16H14N4O2S/c17-20-19-9-8-12-6-7-15-14(10-12)16(11-18-15)23(21,22)13-4-2-1-3-5-13/h1-7,10-11,18H,8-9H2. The van der Waals surface area contributed by atoms with Gasteiger partial charge in [-0.25, -0.2) is 8.42 Å². The number of nitrogens with zero attached hydrogens (tertiary/aromatic N) is 3. The van der Waals surface area contributed by atoms with Crippen LogP contribution in [0, 0.1) is 0 Å². The van der Waals surface area contributed by atoms with Gasteiger partial charge in [0, 0.05) is 28.6 Å². The third kappa shape index (κ3) is 2.92. The fraction of sp³-hybridized carbons (Fsp3) is 0.125. The Labute approximate surface area is 133 Å². The molecule has 0 fully saturated rings. The van der Waals surface area contributed by atoms with E-state index < -0.39 is 9.84 Å². The van der Waals surface area contributed by atoms with Gasteiger partial charge in [0.25, 0.3) is 0 Å². The summed E-state index contributed by atoms with van der Waals surface area (Å²) in [6, 6.07) is 13.9. The molecule has 6 nitrogen and oxygen atoms in total. The second-order valence-electron chi connectivity index (χ2n) is 5.05. The first-order valence-electron chi connectivity index (χ1n) is 7.04. The minimum absolute atomic E-state index is 0.254. The number of rotatable bonds is 5. The van der Waals surface area contributed by atoms with Gasteiger partial charge in [-0.05, 0) is 41.8 Å². The van der Waals surface area contributed by atoms with Crippen LogP contribution in [0.1, 0.15) is 5.56 Å². The number of azide groups is 1. The van der Waals surface area contributed by atoms with E-state index in [2.05, 4.69) is 15.0 Å². The van der Waals surface area contributed by atoms with Crippen LogP contribution in [0.5, 0.6) is 0 Å². The first-order chi connectivity index (χ1) is 11.1. The van der Waals surface area contributed by atoms with Crippen molar-refractivity contribution in [3.63, 3.8) is 0 Å². The molecule has 1 N–H and O–H groups in total. The SMILES string of the molecule is [N-]=[N+]=NCCc1ccc2[nH]cc(S(=O)(=O)c3ccccc3)c2c1. The Morgan fingerprint density at radius 2 is 1.91 bits per heavy atom. The lowest BCUT2D eigenvalue weighted by Crippen LogP contribution is -2.01.